The summed E-state index contributed by atoms with van der Waals surface area (Å²) in [6.07, 6.45) is 5.02. The second kappa shape index (κ2) is 7.67. The summed E-state index contributed by atoms with van der Waals surface area (Å²) in [6.45, 7) is 1.48. The number of thiophene rings is 1. The molecule has 0 aliphatic carbocycles. The average molecular weight is 291 g/mol. The van der Waals surface area contributed by atoms with Gasteiger partial charge in [-0.05, 0) is 29.7 Å². The molecule has 1 amide bonds. The van der Waals surface area contributed by atoms with Crippen molar-refractivity contribution in [3.8, 4) is 0 Å². The van der Waals surface area contributed by atoms with E-state index >= 15 is 0 Å². The standard InChI is InChI=1S/C15H17NO3S/c1-18-10-8-16(12-13-4-2-9-19-13)15(17)7-6-14-5-3-11-20-14/h2-7,9,11H,8,10,12H2,1H3/b7-6+. The van der Waals surface area contributed by atoms with Gasteiger partial charge in [0.2, 0.25) is 5.91 Å². The number of furan rings is 1. The predicted molar refractivity (Wildman–Crippen MR) is 79.4 cm³/mol. The highest BCUT2D eigenvalue weighted by Crippen LogP contribution is 2.11. The van der Waals surface area contributed by atoms with E-state index in [9.17, 15) is 4.79 Å². The lowest BCUT2D eigenvalue weighted by molar-refractivity contribution is -0.127. The number of hydrogen-bond acceptors (Lipinski definition) is 4. The van der Waals surface area contributed by atoms with Gasteiger partial charge < -0.3 is 14.1 Å². The van der Waals surface area contributed by atoms with E-state index in [2.05, 4.69) is 0 Å². The topological polar surface area (TPSA) is 42.7 Å². The molecule has 0 aliphatic rings. The number of nitrogens with zero attached hydrogens (tertiary/aromatic N) is 1. The van der Waals surface area contributed by atoms with Crippen molar-refractivity contribution in [1.82, 2.24) is 4.90 Å². The lowest BCUT2D eigenvalue weighted by atomic mass is 10.3. The molecule has 0 atom stereocenters. The zero-order valence-electron chi connectivity index (χ0n) is 11.3. The number of carbonyl (C=O) groups excluding carboxylic acids is 1. The van der Waals surface area contributed by atoms with Crippen LogP contribution in [0.15, 0.2) is 46.4 Å². The fourth-order valence-electron chi connectivity index (χ4n) is 1.70. The second-order valence-corrected chi connectivity index (χ2v) is 5.16. The molecule has 0 fully saturated rings. The first kappa shape index (κ1) is 14.6. The summed E-state index contributed by atoms with van der Waals surface area (Å²) in [5.41, 5.74) is 0. The van der Waals surface area contributed by atoms with Gasteiger partial charge in [-0.3, -0.25) is 4.79 Å². The zero-order valence-corrected chi connectivity index (χ0v) is 12.1. The summed E-state index contributed by atoms with van der Waals surface area (Å²) in [5, 5.41) is 1.98. The van der Waals surface area contributed by atoms with Crippen molar-refractivity contribution < 1.29 is 13.9 Å². The van der Waals surface area contributed by atoms with Crippen molar-refractivity contribution >= 4 is 23.3 Å². The smallest absolute Gasteiger partial charge is 0.247 e. The normalized spacial score (nSPS) is 11.1. The first-order valence-corrected chi connectivity index (χ1v) is 7.19. The third-order valence-corrected chi connectivity index (χ3v) is 3.57. The summed E-state index contributed by atoms with van der Waals surface area (Å²) < 4.78 is 10.3. The Kier molecular flexibility index (Phi) is 5.58. The fourth-order valence-corrected chi connectivity index (χ4v) is 2.32. The predicted octanol–water partition coefficient (Wildman–Crippen LogP) is 3.03. The molecule has 0 unspecified atom stereocenters. The van der Waals surface area contributed by atoms with Crippen LogP contribution in [0.4, 0.5) is 0 Å². The first-order chi connectivity index (χ1) is 9.79. The van der Waals surface area contributed by atoms with E-state index in [0.29, 0.717) is 19.7 Å². The maximum absolute atomic E-state index is 12.2. The molecule has 0 saturated carbocycles. The van der Waals surface area contributed by atoms with Gasteiger partial charge in [0, 0.05) is 24.6 Å². The number of methoxy groups -OCH3 is 1. The lowest BCUT2D eigenvalue weighted by Gasteiger charge is -2.19. The van der Waals surface area contributed by atoms with Crippen molar-refractivity contribution in [2.45, 2.75) is 6.54 Å². The highest BCUT2D eigenvalue weighted by atomic mass is 32.1. The largest absolute Gasteiger partial charge is 0.467 e. The number of carbonyl (C=O) groups is 1. The molecule has 20 heavy (non-hydrogen) atoms. The maximum atomic E-state index is 12.2. The maximum Gasteiger partial charge on any atom is 0.247 e. The van der Waals surface area contributed by atoms with Crippen molar-refractivity contribution in [3.05, 3.63) is 52.6 Å². The Morgan fingerprint density at radius 3 is 3.00 bits per heavy atom. The van der Waals surface area contributed by atoms with E-state index < -0.39 is 0 Å². The number of rotatable bonds is 7. The molecule has 0 spiro atoms. The second-order valence-electron chi connectivity index (χ2n) is 4.18. The van der Waals surface area contributed by atoms with Crippen LogP contribution in [0, 0.1) is 0 Å². The van der Waals surface area contributed by atoms with E-state index in [0.717, 1.165) is 10.6 Å². The van der Waals surface area contributed by atoms with E-state index in [1.54, 1.807) is 35.7 Å². The van der Waals surface area contributed by atoms with Crippen molar-refractivity contribution in [2.75, 3.05) is 20.3 Å². The van der Waals surface area contributed by atoms with Gasteiger partial charge in [-0.15, -0.1) is 11.3 Å². The minimum atomic E-state index is -0.0492. The monoisotopic (exact) mass is 291 g/mol. The Morgan fingerprint density at radius 2 is 2.35 bits per heavy atom. The van der Waals surface area contributed by atoms with Gasteiger partial charge in [0.05, 0.1) is 19.4 Å². The molecule has 0 bridgehead atoms. The highest BCUT2D eigenvalue weighted by molar-refractivity contribution is 7.10. The number of amides is 1. The fraction of sp³-hybridized carbons (Fsp3) is 0.267. The minimum absolute atomic E-state index is 0.0492. The summed E-state index contributed by atoms with van der Waals surface area (Å²) >= 11 is 1.60. The molecular formula is C15H17NO3S. The quantitative estimate of drug-likeness (QED) is 0.736. The van der Waals surface area contributed by atoms with E-state index in [-0.39, 0.29) is 5.91 Å². The summed E-state index contributed by atoms with van der Waals surface area (Å²) in [5.74, 6) is 0.714. The molecule has 0 radical (unpaired) electrons. The molecule has 5 heteroatoms. The van der Waals surface area contributed by atoms with Gasteiger partial charge in [-0.1, -0.05) is 6.07 Å². The Labute approximate surface area is 122 Å². The average Bonchev–Trinajstić information content (AvgIpc) is 3.13. The summed E-state index contributed by atoms with van der Waals surface area (Å²) in [4.78, 5) is 15.0. The molecular weight excluding hydrogens is 274 g/mol. The zero-order chi connectivity index (χ0) is 14.2. The SMILES string of the molecule is COCCN(Cc1ccco1)C(=O)/C=C/c1cccs1. The van der Waals surface area contributed by atoms with Gasteiger partial charge in [-0.25, -0.2) is 0 Å². The Hall–Kier alpha value is -1.85. The van der Waals surface area contributed by atoms with Gasteiger partial charge >= 0.3 is 0 Å². The van der Waals surface area contributed by atoms with Crippen LogP contribution in [0.3, 0.4) is 0 Å². The van der Waals surface area contributed by atoms with Gasteiger partial charge in [0.15, 0.2) is 0 Å². The van der Waals surface area contributed by atoms with Crippen molar-refractivity contribution in [2.24, 2.45) is 0 Å². The van der Waals surface area contributed by atoms with Crippen LogP contribution in [0.25, 0.3) is 6.08 Å². The molecule has 2 heterocycles. The Balaban J connectivity index is 1.99. The van der Waals surface area contributed by atoms with Crippen LogP contribution in [-0.2, 0) is 16.1 Å². The van der Waals surface area contributed by atoms with Crippen LogP contribution in [-0.4, -0.2) is 31.1 Å². The van der Waals surface area contributed by atoms with Crippen LogP contribution >= 0.6 is 11.3 Å². The molecule has 2 aromatic heterocycles. The van der Waals surface area contributed by atoms with Gasteiger partial charge in [-0.2, -0.15) is 0 Å². The molecule has 106 valence electrons. The molecule has 4 nitrogen and oxygen atoms in total. The van der Waals surface area contributed by atoms with Gasteiger partial charge in [0.1, 0.15) is 5.76 Å². The number of hydrogen-bond donors (Lipinski definition) is 0. The van der Waals surface area contributed by atoms with Crippen LogP contribution in [0.1, 0.15) is 10.6 Å². The highest BCUT2D eigenvalue weighted by Gasteiger charge is 2.12. The summed E-state index contributed by atoms with van der Waals surface area (Å²) in [7, 11) is 1.62. The van der Waals surface area contributed by atoms with Crippen LogP contribution in [0.2, 0.25) is 0 Å². The minimum Gasteiger partial charge on any atom is -0.467 e. The third-order valence-electron chi connectivity index (χ3n) is 2.74. The molecule has 2 rings (SSSR count). The molecule has 0 N–H and O–H groups in total. The molecule has 2 aromatic rings. The van der Waals surface area contributed by atoms with Crippen LogP contribution < -0.4 is 0 Å². The van der Waals surface area contributed by atoms with Crippen molar-refractivity contribution in [3.63, 3.8) is 0 Å². The molecule has 0 aliphatic heterocycles. The lowest BCUT2D eigenvalue weighted by Crippen LogP contribution is -2.31. The Morgan fingerprint density at radius 1 is 1.45 bits per heavy atom. The van der Waals surface area contributed by atoms with Crippen molar-refractivity contribution in [1.29, 1.82) is 0 Å². The van der Waals surface area contributed by atoms with E-state index in [4.69, 9.17) is 9.15 Å². The third kappa shape index (κ3) is 4.36. The summed E-state index contributed by atoms with van der Waals surface area (Å²) in [6, 6.07) is 7.60. The van der Waals surface area contributed by atoms with E-state index in [1.165, 1.54) is 0 Å². The van der Waals surface area contributed by atoms with Crippen LogP contribution in [0.5, 0.6) is 0 Å². The van der Waals surface area contributed by atoms with Gasteiger partial charge in [0.25, 0.3) is 0 Å². The number of ether oxygens (including phenoxy) is 1. The first-order valence-electron chi connectivity index (χ1n) is 6.31. The Bertz CT molecular complexity index is 531. The molecule has 0 saturated heterocycles. The van der Waals surface area contributed by atoms with E-state index in [1.807, 2.05) is 35.7 Å². The molecule has 0 aromatic carbocycles.